The van der Waals surface area contributed by atoms with E-state index in [2.05, 4.69) is 37.5 Å². The highest BCUT2D eigenvalue weighted by Crippen LogP contribution is 2.34. The summed E-state index contributed by atoms with van der Waals surface area (Å²) in [7, 11) is 0. The van der Waals surface area contributed by atoms with E-state index in [0.717, 1.165) is 38.4 Å². The highest BCUT2D eigenvalue weighted by Gasteiger charge is 2.49. The summed E-state index contributed by atoms with van der Waals surface area (Å²) >= 11 is 4.86. The van der Waals surface area contributed by atoms with Crippen molar-refractivity contribution in [2.45, 2.75) is 38.3 Å². The average Bonchev–Trinajstić information content (AvgIpc) is 3.47. The van der Waals surface area contributed by atoms with Crippen LogP contribution in [0.15, 0.2) is 38.5 Å². The topological polar surface area (TPSA) is 88.3 Å². The summed E-state index contributed by atoms with van der Waals surface area (Å²) in [4.78, 5) is 27.7. The van der Waals surface area contributed by atoms with Gasteiger partial charge < -0.3 is 9.73 Å². The fraction of sp³-hybridized carbons (Fsp3) is 0.300. The second-order valence-corrected chi connectivity index (χ2v) is 9.85. The van der Waals surface area contributed by atoms with Crippen LogP contribution in [0.3, 0.4) is 0 Å². The molecule has 1 atom stereocenters. The number of thiophene rings is 1. The smallest absolute Gasteiger partial charge is 0.325 e. The van der Waals surface area contributed by atoms with Gasteiger partial charge >= 0.3 is 6.03 Å². The number of urea groups is 1. The third kappa shape index (κ3) is 3.08. The molecule has 3 amide bonds. The maximum atomic E-state index is 13.2. The van der Waals surface area contributed by atoms with Crippen molar-refractivity contribution in [3.8, 4) is 10.8 Å². The number of carbonyl (C=O) groups excluding carboxylic acids is 2. The molecule has 1 N–H and O–H groups in total. The Kier molecular flexibility index (Phi) is 4.32. The van der Waals surface area contributed by atoms with Gasteiger partial charge in [-0.15, -0.1) is 21.5 Å². The van der Waals surface area contributed by atoms with Gasteiger partial charge in [-0.25, -0.2) is 4.79 Å². The first-order valence-corrected chi connectivity index (χ1v) is 10.9. The standard InChI is InChI=1S/C20H17BrN4O3S/c1-20(13-6-5-11-3-2-4-12(11)9-13)18(26)25(19(27)22-20)10-16-23-24-17(28-16)14-7-8-15(21)29-14/h5-9H,2-4,10H2,1H3,(H,22,27). The summed E-state index contributed by atoms with van der Waals surface area (Å²) in [5.74, 6) is 0.259. The van der Waals surface area contributed by atoms with Crippen LogP contribution >= 0.6 is 27.3 Å². The van der Waals surface area contributed by atoms with Crippen LogP contribution in [0.25, 0.3) is 10.8 Å². The van der Waals surface area contributed by atoms with E-state index >= 15 is 0 Å². The molecule has 1 aromatic carbocycles. The quantitative estimate of drug-likeness (QED) is 0.579. The first kappa shape index (κ1) is 18.5. The highest BCUT2D eigenvalue weighted by atomic mass is 79.9. The van der Waals surface area contributed by atoms with E-state index in [1.54, 1.807) is 6.92 Å². The van der Waals surface area contributed by atoms with Crippen LogP contribution in [0, 0.1) is 0 Å². The fourth-order valence-corrected chi connectivity index (χ4v) is 5.21. The summed E-state index contributed by atoms with van der Waals surface area (Å²) in [6, 6.07) is 9.34. The van der Waals surface area contributed by atoms with Crippen molar-refractivity contribution >= 4 is 39.2 Å². The number of aromatic nitrogens is 2. The van der Waals surface area contributed by atoms with E-state index in [0.29, 0.717) is 5.89 Å². The Morgan fingerprint density at radius 3 is 2.83 bits per heavy atom. The largest absolute Gasteiger partial charge is 0.418 e. The van der Waals surface area contributed by atoms with Gasteiger partial charge in [-0.2, -0.15) is 0 Å². The van der Waals surface area contributed by atoms with Crippen LogP contribution in [0.1, 0.15) is 35.9 Å². The van der Waals surface area contributed by atoms with Crippen molar-refractivity contribution in [3.05, 3.63) is 56.7 Å². The molecule has 3 heterocycles. The van der Waals surface area contributed by atoms with Gasteiger partial charge in [0.25, 0.3) is 11.8 Å². The maximum Gasteiger partial charge on any atom is 0.325 e. The number of carbonyl (C=O) groups is 2. The van der Waals surface area contributed by atoms with Gasteiger partial charge in [0.2, 0.25) is 5.89 Å². The number of amides is 3. The molecule has 0 radical (unpaired) electrons. The van der Waals surface area contributed by atoms with Gasteiger partial charge in [0.15, 0.2) is 0 Å². The lowest BCUT2D eigenvalue weighted by Crippen LogP contribution is -2.41. The number of nitrogens with zero attached hydrogens (tertiary/aromatic N) is 3. The molecule has 29 heavy (non-hydrogen) atoms. The lowest BCUT2D eigenvalue weighted by Gasteiger charge is -2.23. The number of aryl methyl sites for hydroxylation is 2. The number of hydrogen-bond acceptors (Lipinski definition) is 6. The Morgan fingerprint density at radius 1 is 1.21 bits per heavy atom. The van der Waals surface area contributed by atoms with E-state index in [1.807, 2.05) is 24.3 Å². The third-order valence-electron chi connectivity index (χ3n) is 5.50. The van der Waals surface area contributed by atoms with E-state index in [-0.39, 0.29) is 18.3 Å². The number of benzene rings is 1. The minimum absolute atomic E-state index is 0.0647. The Morgan fingerprint density at radius 2 is 2.03 bits per heavy atom. The summed E-state index contributed by atoms with van der Waals surface area (Å²) in [6.07, 6.45) is 3.20. The molecular formula is C20H17BrN4O3S. The first-order chi connectivity index (χ1) is 13.9. The predicted octanol–water partition coefficient (Wildman–Crippen LogP) is 4.02. The third-order valence-corrected chi connectivity index (χ3v) is 7.11. The summed E-state index contributed by atoms with van der Waals surface area (Å²) in [6.45, 7) is 1.68. The number of nitrogens with one attached hydrogen (secondary N) is 1. The van der Waals surface area contributed by atoms with Crippen molar-refractivity contribution in [2.75, 3.05) is 0 Å². The molecule has 9 heteroatoms. The van der Waals surface area contributed by atoms with E-state index in [1.165, 1.54) is 22.5 Å². The van der Waals surface area contributed by atoms with E-state index in [9.17, 15) is 9.59 Å². The molecule has 1 saturated heterocycles. The Labute approximate surface area is 179 Å². The molecule has 1 aliphatic heterocycles. The monoisotopic (exact) mass is 472 g/mol. The van der Waals surface area contributed by atoms with Gasteiger partial charge in [-0.3, -0.25) is 9.69 Å². The lowest BCUT2D eigenvalue weighted by atomic mass is 9.90. The molecule has 2 aliphatic rings. The second-order valence-electron chi connectivity index (χ2n) is 7.39. The Bertz CT molecular complexity index is 1140. The lowest BCUT2D eigenvalue weighted by molar-refractivity contribution is -0.131. The SMILES string of the molecule is CC1(c2ccc3c(c2)CCC3)NC(=O)N(Cc2nnc(-c3ccc(Br)s3)o2)C1=O. The molecule has 7 nitrogen and oxygen atoms in total. The minimum atomic E-state index is -1.10. The van der Waals surface area contributed by atoms with Crippen molar-refractivity contribution in [1.82, 2.24) is 20.4 Å². The molecule has 1 fully saturated rings. The molecule has 1 unspecified atom stereocenters. The number of fused-ring (bicyclic) bond motifs is 1. The Hall–Kier alpha value is -2.52. The van der Waals surface area contributed by atoms with Gasteiger partial charge in [-0.1, -0.05) is 18.2 Å². The molecule has 2 aromatic heterocycles. The summed E-state index contributed by atoms with van der Waals surface area (Å²) in [5, 5.41) is 10.9. The zero-order valence-electron chi connectivity index (χ0n) is 15.6. The summed E-state index contributed by atoms with van der Waals surface area (Å²) < 4.78 is 6.62. The zero-order chi connectivity index (χ0) is 20.2. The molecule has 148 valence electrons. The molecular weight excluding hydrogens is 456 g/mol. The van der Waals surface area contributed by atoms with E-state index < -0.39 is 11.6 Å². The molecule has 3 aromatic rings. The predicted molar refractivity (Wildman–Crippen MR) is 110 cm³/mol. The van der Waals surface area contributed by atoms with Crippen LogP contribution in [0.5, 0.6) is 0 Å². The Balaban J connectivity index is 1.39. The van der Waals surface area contributed by atoms with Gasteiger partial charge in [-0.05, 0) is 70.9 Å². The second kappa shape index (κ2) is 6.77. The number of imide groups is 1. The first-order valence-electron chi connectivity index (χ1n) is 9.28. The number of rotatable bonds is 4. The number of hydrogen-bond donors (Lipinski definition) is 1. The van der Waals surface area contributed by atoms with Gasteiger partial charge in [0, 0.05) is 0 Å². The maximum absolute atomic E-state index is 13.2. The van der Waals surface area contributed by atoms with Crippen molar-refractivity contribution in [1.29, 1.82) is 0 Å². The molecule has 5 rings (SSSR count). The molecule has 0 saturated carbocycles. The average molecular weight is 473 g/mol. The minimum Gasteiger partial charge on any atom is -0.418 e. The van der Waals surface area contributed by atoms with Crippen LogP contribution in [0.4, 0.5) is 4.79 Å². The van der Waals surface area contributed by atoms with Gasteiger partial charge in [0.05, 0.1) is 8.66 Å². The van der Waals surface area contributed by atoms with Crippen molar-refractivity contribution < 1.29 is 14.0 Å². The van der Waals surface area contributed by atoms with Crippen molar-refractivity contribution in [3.63, 3.8) is 0 Å². The van der Waals surface area contributed by atoms with Crippen LogP contribution in [-0.2, 0) is 29.7 Å². The number of halogens is 1. The van der Waals surface area contributed by atoms with Crippen molar-refractivity contribution in [2.24, 2.45) is 0 Å². The van der Waals surface area contributed by atoms with Crippen LogP contribution in [0.2, 0.25) is 0 Å². The van der Waals surface area contributed by atoms with Gasteiger partial charge in [0.1, 0.15) is 12.1 Å². The fourth-order valence-electron chi connectivity index (χ4n) is 3.90. The molecule has 0 bridgehead atoms. The summed E-state index contributed by atoms with van der Waals surface area (Å²) in [5.41, 5.74) is 2.28. The zero-order valence-corrected chi connectivity index (χ0v) is 18.0. The van der Waals surface area contributed by atoms with E-state index in [4.69, 9.17) is 4.42 Å². The molecule has 0 spiro atoms. The molecule has 1 aliphatic carbocycles. The van der Waals surface area contributed by atoms with Crippen LogP contribution < -0.4 is 5.32 Å². The highest BCUT2D eigenvalue weighted by molar-refractivity contribution is 9.11. The normalized spacial score (nSPS) is 21.0. The van der Waals surface area contributed by atoms with Crippen LogP contribution in [-0.4, -0.2) is 27.0 Å².